The molecule has 1 aliphatic carbocycles. The number of anilines is 1. The first-order valence-corrected chi connectivity index (χ1v) is 10.3. The van der Waals surface area contributed by atoms with Crippen LogP contribution in [0.15, 0.2) is 79.0 Å². The highest BCUT2D eigenvalue weighted by atomic mass is 16.5. The van der Waals surface area contributed by atoms with Crippen molar-refractivity contribution in [2.24, 2.45) is 5.92 Å². The fourth-order valence-electron chi connectivity index (χ4n) is 3.49. The van der Waals surface area contributed by atoms with Crippen molar-refractivity contribution in [1.82, 2.24) is 9.38 Å². The maximum Gasteiger partial charge on any atom is 0.338 e. The number of carbonyl (C=O) groups is 2. The molecule has 1 aliphatic rings. The van der Waals surface area contributed by atoms with Crippen LogP contribution >= 0.6 is 0 Å². The molecule has 6 heteroatoms. The molecule has 2 aromatic heterocycles. The minimum absolute atomic E-state index is 0.0214. The van der Waals surface area contributed by atoms with Gasteiger partial charge in [0.25, 0.3) is 0 Å². The van der Waals surface area contributed by atoms with Crippen LogP contribution in [-0.4, -0.2) is 21.3 Å². The number of carbonyl (C=O) groups excluding carboxylic acids is 2. The molecule has 0 atom stereocenters. The van der Waals surface area contributed by atoms with Gasteiger partial charge in [-0.15, -0.1) is 0 Å². The number of hydrogen-bond donors (Lipinski definition) is 1. The molecule has 4 aromatic rings. The van der Waals surface area contributed by atoms with E-state index in [9.17, 15) is 9.59 Å². The van der Waals surface area contributed by atoms with E-state index in [1.54, 1.807) is 6.07 Å². The number of fused-ring (bicyclic) bond motifs is 1. The summed E-state index contributed by atoms with van der Waals surface area (Å²) in [6, 6.07) is 22.7. The van der Waals surface area contributed by atoms with Crippen LogP contribution < -0.4 is 5.32 Å². The lowest BCUT2D eigenvalue weighted by Crippen LogP contribution is -2.13. The van der Waals surface area contributed by atoms with Gasteiger partial charge in [-0.2, -0.15) is 0 Å². The van der Waals surface area contributed by atoms with Crippen molar-refractivity contribution in [2.45, 2.75) is 19.4 Å². The second-order valence-corrected chi connectivity index (χ2v) is 7.67. The van der Waals surface area contributed by atoms with Gasteiger partial charge < -0.3 is 10.1 Å². The molecule has 0 radical (unpaired) electrons. The van der Waals surface area contributed by atoms with E-state index in [0.717, 1.165) is 35.3 Å². The van der Waals surface area contributed by atoms with Crippen LogP contribution in [0.4, 0.5) is 5.82 Å². The first kappa shape index (κ1) is 19.1. The lowest BCUT2D eigenvalue weighted by molar-refractivity contribution is -0.117. The second-order valence-electron chi connectivity index (χ2n) is 7.67. The van der Waals surface area contributed by atoms with Gasteiger partial charge in [0.1, 0.15) is 12.3 Å². The molecular formula is C25H21N3O3. The highest BCUT2D eigenvalue weighted by Gasteiger charge is 2.30. The van der Waals surface area contributed by atoms with E-state index in [1.165, 1.54) is 0 Å². The largest absolute Gasteiger partial charge is 0.457 e. The van der Waals surface area contributed by atoms with Crippen molar-refractivity contribution in [3.63, 3.8) is 0 Å². The van der Waals surface area contributed by atoms with Crippen LogP contribution in [0.2, 0.25) is 0 Å². The van der Waals surface area contributed by atoms with Gasteiger partial charge in [-0.25, -0.2) is 9.78 Å². The van der Waals surface area contributed by atoms with Gasteiger partial charge in [0, 0.05) is 5.92 Å². The van der Waals surface area contributed by atoms with Gasteiger partial charge in [-0.05, 0) is 48.2 Å². The maximum atomic E-state index is 12.6. The Morgan fingerprint density at radius 1 is 1.00 bits per heavy atom. The standard InChI is InChI=1S/C25H21N3O3/c29-24(18-12-13-18)27-22-15-28-21(10-5-11-23(28)26-22)19-8-4-9-20(14-19)25(30)31-16-17-6-2-1-3-7-17/h1-11,14-15,18H,12-13,16H2,(H,27,29). The lowest BCUT2D eigenvalue weighted by atomic mass is 10.1. The number of hydrogen-bond acceptors (Lipinski definition) is 4. The molecule has 0 bridgehead atoms. The normalized spacial score (nSPS) is 13.2. The highest BCUT2D eigenvalue weighted by Crippen LogP contribution is 2.30. The maximum absolute atomic E-state index is 12.6. The molecule has 1 saturated carbocycles. The van der Waals surface area contributed by atoms with E-state index in [0.29, 0.717) is 11.4 Å². The molecule has 0 saturated heterocycles. The molecule has 0 spiro atoms. The Balaban J connectivity index is 1.39. The summed E-state index contributed by atoms with van der Waals surface area (Å²) < 4.78 is 7.38. The summed E-state index contributed by atoms with van der Waals surface area (Å²) in [4.78, 5) is 29.2. The molecule has 6 nitrogen and oxygen atoms in total. The number of amides is 1. The topological polar surface area (TPSA) is 72.7 Å². The molecule has 31 heavy (non-hydrogen) atoms. The number of aromatic nitrogens is 2. The molecular weight excluding hydrogens is 390 g/mol. The van der Waals surface area contributed by atoms with Crippen molar-refractivity contribution < 1.29 is 14.3 Å². The van der Waals surface area contributed by atoms with E-state index in [-0.39, 0.29) is 24.4 Å². The number of esters is 1. The number of pyridine rings is 1. The first-order valence-electron chi connectivity index (χ1n) is 10.3. The zero-order valence-corrected chi connectivity index (χ0v) is 16.8. The van der Waals surface area contributed by atoms with E-state index in [2.05, 4.69) is 10.3 Å². The Labute approximate surface area is 179 Å². The Morgan fingerprint density at radius 3 is 2.61 bits per heavy atom. The quantitative estimate of drug-likeness (QED) is 0.467. The summed E-state index contributed by atoms with van der Waals surface area (Å²) in [7, 11) is 0. The molecule has 2 heterocycles. The third kappa shape index (κ3) is 4.19. The summed E-state index contributed by atoms with van der Waals surface area (Å²) in [5, 5.41) is 2.89. The molecule has 1 fully saturated rings. The molecule has 2 aromatic carbocycles. The third-order valence-corrected chi connectivity index (χ3v) is 5.30. The predicted octanol–water partition coefficient (Wildman–Crippen LogP) is 4.71. The van der Waals surface area contributed by atoms with Crippen molar-refractivity contribution >= 4 is 23.3 Å². The van der Waals surface area contributed by atoms with Crippen LogP contribution in [0.5, 0.6) is 0 Å². The molecule has 0 unspecified atom stereocenters. The fourth-order valence-corrected chi connectivity index (χ4v) is 3.49. The smallest absolute Gasteiger partial charge is 0.338 e. The van der Waals surface area contributed by atoms with Gasteiger partial charge in [0.05, 0.1) is 17.5 Å². The van der Waals surface area contributed by atoms with Crippen molar-refractivity contribution in [3.05, 3.63) is 90.1 Å². The Kier molecular flexibility index (Phi) is 4.96. The van der Waals surface area contributed by atoms with Crippen molar-refractivity contribution in [3.8, 4) is 11.3 Å². The zero-order chi connectivity index (χ0) is 21.2. The number of ether oxygens (including phenoxy) is 1. The van der Waals surface area contributed by atoms with Crippen LogP contribution in [0, 0.1) is 5.92 Å². The summed E-state index contributed by atoms with van der Waals surface area (Å²) in [5.41, 5.74) is 3.87. The molecule has 1 amide bonds. The number of rotatable bonds is 6. The molecule has 1 N–H and O–H groups in total. The monoisotopic (exact) mass is 411 g/mol. The number of benzene rings is 2. The van der Waals surface area contributed by atoms with Gasteiger partial charge >= 0.3 is 5.97 Å². The lowest BCUT2D eigenvalue weighted by Gasteiger charge is -2.08. The van der Waals surface area contributed by atoms with Crippen LogP contribution in [0.25, 0.3) is 16.9 Å². The van der Waals surface area contributed by atoms with Crippen LogP contribution in [0.3, 0.4) is 0 Å². The highest BCUT2D eigenvalue weighted by molar-refractivity contribution is 5.93. The van der Waals surface area contributed by atoms with E-state index in [4.69, 9.17) is 4.74 Å². The van der Waals surface area contributed by atoms with Crippen LogP contribution in [0.1, 0.15) is 28.8 Å². The summed E-state index contributed by atoms with van der Waals surface area (Å²) >= 11 is 0. The average Bonchev–Trinajstić information content (AvgIpc) is 3.58. The van der Waals surface area contributed by atoms with Gasteiger partial charge in [0.15, 0.2) is 5.82 Å². The van der Waals surface area contributed by atoms with Gasteiger partial charge in [0.2, 0.25) is 5.91 Å². The predicted molar refractivity (Wildman–Crippen MR) is 118 cm³/mol. The second kappa shape index (κ2) is 8.07. The first-order chi connectivity index (χ1) is 15.2. The Morgan fingerprint density at radius 2 is 1.81 bits per heavy atom. The minimum atomic E-state index is -0.374. The number of imidazole rings is 1. The Bertz CT molecular complexity index is 1260. The molecule has 0 aliphatic heterocycles. The van der Waals surface area contributed by atoms with Gasteiger partial charge in [-0.1, -0.05) is 48.5 Å². The van der Waals surface area contributed by atoms with Gasteiger partial charge in [-0.3, -0.25) is 9.20 Å². The SMILES string of the molecule is O=C(OCc1ccccc1)c1cccc(-c2cccc3nc(NC(=O)C4CC4)cn23)c1. The fraction of sp³-hybridized carbons (Fsp3) is 0.160. The van der Waals surface area contributed by atoms with E-state index >= 15 is 0 Å². The minimum Gasteiger partial charge on any atom is -0.457 e. The van der Waals surface area contributed by atoms with E-state index in [1.807, 2.05) is 77.3 Å². The number of nitrogens with one attached hydrogen (secondary N) is 1. The average molecular weight is 411 g/mol. The zero-order valence-electron chi connectivity index (χ0n) is 16.8. The Hall–Kier alpha value is -3.93. The van der Waals surface area contributed by atoms with E-state index < -0.39 is 0 Å². The van der Waals surface area contributed by atoms with Crippen molar-refractivity contribution in [2.75, 3.05) is 5.32 Å². The van der Waals surface area contributed by atoms with Crippen LogP contribution in [-0.2, 0) is 16.1 Å². The third-order valence-electron chi connectivity index (χ3n) is 5.30. The molecule has 154 valence electrons. The van der Waals surface area contributed by atoms with Crippen molar-refractivity contribution in [1.29, 1.82) is 0 Å². The summed E-state index contributed by atoms with van der Waals surface area (Å²) in [5.74, 6) is 0.291. The number of nitrogens with zero attached hydrogens (tertiary/aromatic N) is 2. The molecule has 5 rings (SSSR count). The summed E-state index contributed by atoms with van der Waals surface area (Å²) in [6.45, 7) is 0.227. The summed E-state index contributed by atoms with van der Waals surface area (Å²) in [6.07, 6.45) is 3.70.